The standard InChI is InChI=1S/C17H35N5O.HI/c1-14-7-11-22(12-8-14)10-6-9-20-16(19-5)21-13-17(2,3)15(23)18-4;/h14H,6-13H2,1-5H3,(H,18,23)(H2,19,20,21);1H. The summed E-state index contributed by atoms with van der Waals surface area (Å²) in [5.41, 5.74) is -0.461. The van der Waals surface area contributed by atoms with Crippen LogP contribution in [0.4, 0.5) is 0 Å². The van der Waals surface area contributed by atoms with Gasteiger partial charge in [-0.25, -0.2) is 0 Å². The number of nitrogens with one attached hydrogen (secondary N) is 3. The average molecular weight is 453 g/mol. The molecule has 0 spiro atoms. The van der Waals surface area contributed by atoms with Gasteiger partial charge in [0.2, 0.25) is 5.91 Å². The molecule has 7 heteroatoms. The molecule has 0 bridgehead atoms. The Bertz CT molecular complexity index is 392. The van der Waals surface area contributed by atoms with Crippen molar-refractivity contribution in [2.45, 2.75) is 40.0 Å². The third-order valence-electron chi connectivity index (χ3n) is 4.58. The third-order valence-corrected chi connectivity index (χ3v) is 4.58. The van der Waals surface area contributed by atoms with Crippen LogP contribution in [0.15, 0.2) is 4.99 Å². The Kier molecular flexibility index (Phi) is 11.6. The summed E-state index contributed by atoms with van der Waals surface area (Å²) in [6, 6.07) is 0. The van der Waals surface area contributed by atoms with Crippen molar-refractivity contribution in [3.05, 3.63) is 0 Å². The molecular weight excluding hydrogens is 417 g/mol. The molecule has 1 heterocycles. The molecule has 24 heavy (non-hydrogen) atoms. The second-order valence-electron chi connectivity index (χ2n) is 7.19. The minimum atomic E-state index is -0.461. The molecule has 0 radical (unpaired) electrons. The number of piperidine rings is 1. The fourth-order valence-corrected chi connectivity index (χ4v) is 2.74. The smallest absolute Gasteiger partial charge is 0.227 e. The highest BCUT2D eigenvalue weighted by Gasteiger charge is 2.26. The molecule has 0 aromatic heterocycles. The molecule has 1 amide bonds. The van der Waals surface area contributed by atoms with E-state index in [0.29, 0.717) is 6.54 Å². The summed E-state index contributed by atoms with van der Waals surface area (Å²) in [5, 5.41) is 9.26. The summed E-state index contributed by atoms with van der Waals surface area (Å²) in [6.07, 6.45) is 3.75. The third kappa shape index (κ3) is 8.50. The molecular formula is C17H36IN5O. The van der Waals surface area contributed by atoms with Gasteiger partial charge in [0.05, 0.1) is 5.41 Å². The average Bonchev–Trinajstić information content (AvgIpc) is 2.55. The number of hydrogen-bond donors (Lipinski definition) is 3. The van der Waals surface area contributed by atoms with E-state index in [9.17, 15) is 4.79 Å². The molecule has 1 fully saturated rings. The lowest BCUT2D eigenvalue weighted by Gasteiger charge is -2.30. The lowest BCUT2D eigenvalue weighted by Crippen LogP contribution is -2.47. The molecule has 0 atom stereocenters. The van der Waals surface area contributed by atoms with Gasteiger partial charge in [0.1, 0.15) is 0 Å². The number of aliphatic imine (C=N–C) groups is 1. The molecule has 1 rings (SSSR count). The Balaban J connectivity index is 0.00000529. The van der Waals surface area contributed by atoms with E-state index in [0.717, 1.165) is 31.4 Å². The first-order valence-corrected chi connectivity index (χ1v) is 8.78. The number of carbonyl (C=O) groups excluding carboxylic acids is 1. The molecule has 0 saturated carbocycles. The predicted molar refractivity (Wildman–Crippen MR) is 112 cm³/mol. The van der Waals surface area contributed by atoms with Gasteiger partial charge in [-0.05, 0) is 58.7 Å². The van der Waals surface area contributed by atoms with Crippen molar-refractivity contribution in [1.29, 1.82) is 0 Å². The minimum Gasteiger partial charge on any atom is -0.359 e. The zero-order valence-electron chi connectivity index (χ0n) is 15.9. The Labute approximate surface area is 164 Å². The first-order chi connectivity index (χ1) is 10.9. The summed E-state index contributed by atoms with van der Waals surface area (Å²) in [4.78, 5) is 18.5. The Morgan fingerprint density at radius 2 is 1.88 bits per heavy atom. The number of rotatable bonds is 7. The van der Waals surface area contributed by atoms with E-state index in [2.05, 4.69) is 32.8 Å². The summed E-state index contributed by atoms with van der Waals surface area (Å²) in [7, 11) is 3.42. The Morgan fingerprint density at radius 1 is 1.25 bits per heavy atom. The van der Waals surface area contributed by atoms with E-state index >= 15 is 0 Å². The van der Waals surface area contributed by atoms with Crippen LogP contribution in [0.5, 0.6) is 0 Å². The first kappa shape index (κ1) is 23.4. The SMILES string of the molecule is CN=C(NCCCN1CCC(C)CC1)NCC(C)(C)C(=O)NC.I. The van der Waals surface area contributed by atoms with Gasteiger partial charge in [-0.15, -0.1) is 24.0 Å². The van der Waals surface area contributed by atoms with Gasteiger partial charge in [-0.2, -0.15) is 0 Å². The second-order valence-corrected chi connectivity index (χ2v) is 7.19. The summed E-state index contributed by atoms with van der Waals surface area (Å²) < 4.78 is 0. The molecule has 1 aliphatic rings. The van der Waals surface area contributed by atoms with E-state index in [1.165, 1.54) is 25.9 Å². The van der Waals surface area contributed by atoms with Gasteiger partial charge in [0, 0.05) is 27.2 Å². The molecule has 3 N–H and O–H groups in total. The van der Waals surface area contributed by atoms with Crippen LogP contribution in [0, 0.1) is 11.3 Å². The lowest BCUT2D eigenvalue weighted by molar-refractivity contribution is -0.128. The van der Waals surface area contributed by atoms with Crippen LogP contribution in [-0.2, 0) is 4.79 Å². The van der Waals surface area contributed by atoms with Gasteiger partial charge in [-0.1, -0.05) is 6.92 Å². The van der Waals surface area contributed by atoms with E-state index in [4.69, 9.17) is 0 Å². The molecule has 0 unspecified atom stereocenters. The largest absolute Gasteiger partial charge is 0.359 e. The normalized spacial score (nSPS) is 17.1. The van der Waals surface area contributed by atoms with Crippen molar-refractivity contribution in [1.82, 2.24) is 20.9 Å². The summed E-state index contributed by atoms with van der Waals surface area (Å²) in [6.45, 7) is 11.2. The number of nitrogens with zero attached hydrogens (tertiary/aromatic N) is 2. The van der Waals surface area contributed by atoms with Crippen LogP contribution >= 0.6 is 24.0 Å². The van der Waals surface area contributed by atoms with Gasteiger partial charge >= 0.3 is 0 Å². The van der Waals surface area contributed by atoms with E-state index in [1.807, 2.05) is 13.8 Å². The summed E-state index contributed by atoms with van der Waals surface area (Å²) >= 11 is 0. The zero-order chi connectivity index (χ0) is 17.3. The maximum atomic E-state index is 11.8. The second kappa shape index (κ2) is 11.9. The van der Waals surface area contributed by atoms with Crippen molar-refractivity contribution >= 4 is 35.8 Å². The molecule has 142 valence electrons. The van der Waals surface area contributed by atoms with Crippen molar-refractivity contribution in [3.63, 3.8) is 0 Å². The highest BCUT2D eigenvalue weighted by molar-refractivity contribution is 14.0. The number of hydrogen-bond acceptors (Lipinski definition) is 3. The van der Waals surface area contributed by atoms with Crippen LogP contribution < -0.4 is 16.0 Å². The van der Waals surface area contributed by atoms with Gasteiger partial charge in [-0.3, -0.25) is 9.79 Å². The predicted octanol–water partition coefficient (Wildman–Crippen LogP) is 1.66. The van der Waals surface area contributed by atoms with Crippen LogP contribution in [-0.4, -0.2) is 63.6 Å². The lowest BCUT2D eigenvalue weighted by atomic mass is 9.92. The number of likely N-dealkylation sites (tertiary alicyclic amines) is 1. The van der Waals surface area contributed by atoms with Gasteiger partial charge in [0.15, 0.2) is 5.96 Å². The fraction of sp³-hybridized carbons (Fsp3) is 0.882. The van der Waals surface area contributed by atoms with Crippen LogP contribution in [0.1, 0.15) is 40.0 Å². The molecule has 1 saturated heterocycles. The molecule has 1 aliphatic heterocycles. The van der Waals surface area contributed by atoms with Crippen LogP contribution in [0.3, 0.4) is 0 Å². The van der Waals surface area contributed by atoms with E-state index in [-0.39, 0.29) is 29.9 Å². The molecule has 0 aromatic rings. The number of amides is 1. The van der Waals surface area contributed by atoms with E-state index < -0.39 is 5.41 Å². The fourth-order valence-electron chi connectivity index (χ4n) is 2.74. The van der Waals surface area contributed by atoms with Crippen LogP contribution in [0.25, 0.3) is 0 Å². The van der Waals surface area contributed by atoms with Gasteiger partial charge in [0.25, 0.3) is 0 Å². The number of guanidine groups is 1. The first-order valence-electron chi connectivity index (χ1n) is 8.78. The zero-order valence-corrected chi connectivity index (χ0v) is 18.3. The maximum absolute atomic E-state index is 11.8. The topological polar surface area (TPSA) is 68.8 Å². The summed E-state index contributed by atoms with van der Waals surface area (Å²) in [5.74, 6) is 1.67. The highest BCUT2D eigenvalue weighted by atomic mass is 127. The Hall–Kier alpha value is -0.570. The van der Waals surface area contributed by atoms with Crippen LogP contribution in [0.2, 0.25) is 0 Å². The van der Waals surface area contributed by atoms with Crippen molar-refractivity contribution < 1.29 is 4.79 Å². The maximum Gasteiger partial charge on any atom is 0.227 e. The minimum absolute atomic E-state index is 0. The number of halogens is 1. The molecule has 6 nitrogen and oxygen atoms in total. The Morgan fingerprint density at radius 3 is 2.42 bits per heavy atom. The number of carbonyl (C=O) groups is 1. The monoisotopic (exact) mass is 453 g/mol. The van der Waals surface area contributed by atoms with Crippen molar-refractivity contribution in [2.24, 2.45) is 16.3 Å². The van der Waals surface area contributed by atoms with Crippen molar-refractivity contribution in [2.75, 3.05) is 46.8 Å². The molecule has 0 aliphatic carbocycles. The highest BCUT2D eigenvalue weighted by Crippen LogP contribution is 2.15. The van der Waals surface area contributed by atoms with E-state index in [1.54, 1.807) is 14.1 Å². The quantitative estimate of drug-likeness (QED) is 0.238. The molecule has 0 aromatic carbocycles. The van der Waals surface area contributed by atoms with Gasteiger partial charge < -0.3 is 20.9 Å². The van der Waals surface area contributed by atoms with Crippen molar-refractivity contribution in [3.8, 4) is 0 Å².